The van der Waals surface area contributed by atoms with Gasteiger partial charge in [0.1, 0.15) is 5.01 Å². The van der Waals surface area contributed by atoms with Crippen LogP contribution < -0.4 is 5.32 Å². The number of hydrogen-bond donors (Lipinski definition) is 1. The summed E-state index contributed by atoms with van der Waals surface area (Å²) in [6.45, 7) is 3.20. The second kappa shape index (κ2) is 5.43. The highest BCUT2D eigenvalue weighted by Gasteiger charge is 2.18. The molecule has 1 fully saturated rings. The molecule has 1 saturated heterocycles. The Bertz CT molecular complexity index is 513. The van der Waals surface area contributed by atoms with Gasteiger partial charge >= 0.3 is 0 Å². The lowest BCUT2D eigenvalue weighted by atomic mass is 10.1. The third-order valence-corrected chi connectivity index (χ3v) is 5.11. The van der Waals surface area contributed by atoms with E-state index in [2.05, 4.69) is 41.9 Å². The normalized spacial score (nSPS) is 19.9. The lowest BCUT2D eigenvalue weighted by molar-refractivity contribution is 0.592. The molecule has 94 valence electrons. The van der Waals surface area contributed by atoms with Gasteiger partial charge in [-0.3, -0.25) is 0 Å². The summed E-state index contributed by atoms with van der Waals surface area (Å²) in [6.07, 6.45) is 0. The first-order valence-electron chi connectivity index (χ1n) is 6.16. The molecule has 1 atom stereocenters. The number of nitrogens with one attached hydrogen (secondary N) is 1. The molecule has 2 nitrogen and oxygen atoms in total. The molecule has 2 heterocycles. The van der Waals surface area contributed by atoms with Gasteiger partial charge in [0.25, 0.3) is 0 Å². The zero-order valence-corrected chi connectivity index (χ0v) is 12.0. The smallest absolute Gasteiger partial charge is 0.111 e. The molecule has 0 aliphatic carbocycles. The van der Waals surface area contributed by atoms with Crippen LogP contribution in [0.1, 0.15) is 16.6 Å². The number of aromatic nitrogens is 1. The van der Waals surface area contributed by atoms with Gasteiger partial charge < -0.3 is 5.32 Å². The molecule has 0 spiro atoms. The molecule has 0 amide bonds. The van der Waals surface area contributed by atoms with Crippen molar-refractivity contribution >= 4 is 23.1 Å². The molecule has 1 aliphatic heterocycles. The highest BCUT2D eigenvalue weighted by Crippen LogP contribution is 2.28. The van der Waals surface area contributed by atoms with Gasteiger partial charge in [-0.05, 0) is 6.92 Å². The first-order chi connectivity index (χ1) is 8.83. The Kier molecular flexibility index (Phi) is 3.68. The molecule has 18 heavy (non-hydrogen) atoms. The zero-order valence-electron chi connectivity index (χ0n) is 10.3. The molecule has 1 aromatic heterocycles. The Morgan fingerprint density at radius 3 is 2.83 bits per heavy atom. The van der Waals surface area contributed by atoms with Crippen molar-refractivity contribution in [3.05, 3.63) is 40.2 Å². The van der Waals surface area contributed by atoms with Crippen LogP contribution in [-0.2, 0) is 0 Å². The van der Waals surface area contributed by atoms with E-state index in [0.717, 1.165) is 18.0 Å². The monoisotopic (exact) mass is 276 g/mol. The van der Waals surface area contributed by atoms with Crippen molar-refractivity contribution < 1.29 is 0 Å². The molecule has 1 N–H and O–H groups in total. The number of hydrogen-bond acceptors (Lipinski definition) is 4. The summed E-state index contributed by atoms with van der Waals surface area (Å²) in [4.78, 5) is 4.78. The van der Waals surface area contributed by atoms with E-state index in [0.29, 0.717) is 6.04 Å². The van der Waals surface area contributed by atoms with E-state index >= 15 is 0 Å². The van der Waals surface area contributed by atoms with Crippen molar-refractivity contribution in [1.29, 1.82) is 0 Å². The van der Waals surface area contributed by atoms with Crippen molar-refractivity contribution in [1.82, 2.24) is 10.3 Å². The van der Waals surface area contributed by atoms with Crippen molar-refractivity contribution in [3.8, 4) is 11.3 Å². The Labute approximate surface area is 116 Å². The topological polar surface area (TPSA) is 24.9 Å². The van der Waals surface area contributed by atoms with Crippen molar-refractivity contribution in [2.45, 2.75) is 13.0 Å². The third-order valence-electron chi connectivity index (χ3n) is 3.09. The fourth-order valence-corrected chi connectivity index (χ4v) is 3.98. The minimum Gasteiger partial charge on any atom is -0.306 e. The molecule has 2 aromatic rings. The minimum absolute atomic E-state index is 0.438. The maximum absolute atomic E-state index is 4.78. The van der Waals surface area contributed by atoms with Gasteiger partial charge in [0.15, 0.2) is 0 Å². The van der Waals surface area contributed by atoms with Crippen molar-refractivity contribution in [2.24, 2.45) is 0 Å². The van der Waals surface area contributed by atoms with Gasteiger partial charge in [-0.2, -0.15) is 11.8 Å². The van der Waals surface area contributed by atoms with E-state index in [1.54, 1.807) is 11.3 Å². The summed E-state index contributed by atoms with van der Waals surface area (Å²) in [5, 5.41) is 6.92. The van der Waals surface area contributed by atoms with Gasteiger partial charge in [-0.15, -0.1) is 11.3 Å². The van der Waals surface area contributed by atoms with Crippen LogP contribution in [0.5, 0.6) is 0 Å². The summed E-state index contributed by atoms with van der Waals surface area (Å²) >= 11 is 3.78. The highest BCUT2D eigenvalue weighted by atomic mass is 32.2. The summed E-state index contributed by atoms with van der Waals surface area (Å²) in [6, 6.07) is 9.02. The SMILES string of the molecule is Cc1ccc(-c2csc(C3CSCCN3)n2)cc1. The van der Waals surface area contributed by atoms with Crippen LogP contribution in [0.3, 0.4) is 0 Å². The molecule has 4 heteroatoms. The van der Waals surface area contributed by atoms with E-state index in [1.807, 2.05) is 11.8 Å². The van der Waals surface area contributed by atoms with Crippen LogP contribution in [0.15, 0.2) is 29.6 Å². The number of thioether (sulfide) groups is 1. The average molecular weight is 276 g/mol. The molecule has 0 bridgehead atoms. The Balaban J connectivity index is 1.82. The highest BCUT2D eigenvalue weighted by molar-refractivity contribution is 7.99. The molecule has 0 radical (unpaired) electrons. The molecule has 1 aromatic carbocycles. The molecule has 3 rings (SSSR count). The van der Waals surface area contributed by atoms with E-state index in [4.69, 9.17) is 4.98 Å². The number of rotatable bonds is 2. The Morgan fingerprint density at radius 1 is 1.28 bits per heavy atom. The van der Waals surface area contributed by atoms with Gasteiger partial charge in [0, 0.05) is 29.0 Å². The van der Waals surface area contributed by atoms with Crippen LogP contribution in [-0.4, -0.2) is 23.0 Å². The number of thiazole rings is 1. The van der Waals surface area contributed by atoms with Crippen LogP contribution >= 0.6 is 23.1 Å². The van der Waals surface area contributed by atoms with Crippen LogP contribution in [0.2, 0.25) is 0 Å². The summed E-state index contributed by atoms with van der Waals surface area (Å²) in [5.74, 6) is 2.35. The third kappa shape index (κ3) is 2.60. The minimum atomic E-state index is 0.438. The van der Waals surface area contributed by atoms with Gasteiger partial charge in [0.2, 0.25) is 0 Å². The summed E-state index contributed by atoms with van der Waals surface area (Å²) < 4.78 is 0. The first kappa shape index (κ1) is 12.2. The molecular formula is C14H16N2S2. The van der Waals surface area contributed by atoms with Crippen LogP contribution in [0.4, 0.5) is 0 Å². The average Bonchev–Trinajstić information content (AvgIpc) is 2.90. The van der Waals surface area contributed by atoms with Crippen molar-refractivity contribution in [2.75, 3.05) is 18.1 Å². The summed E-state index contributed by atoms with van der Waals surface area (Å²) in [7, 11) is 0. The van der Waals surface area contributed by atoms with E-state index in [9.17, 15) is 0 Å². The number of aryl methyl sites for hydroxylation is 1. The van der Waals surface area contributed by atoms with Gasteiger partial charge in [-0.1, -0.05) is 29.8 Å². The standard InChI is InChI=1S/C14H16N2S2/c1-10-2-4-11(5-3-10)12-9-18-14(16-12)13-8-17-7-6-15-13/h2-5,9,13,15H,6-8H2,1H3. The predicted molar refractivity (Wildman–Crippen MR) is 80.4 cm³/mol. The fraction of sp³-hybridized carbons (Fsp3) is 0.357. The Morgan fingerprint density at radius 2 is 2.11 bits per heavy atom. The quantitative estimate of drug-likeness (QED) is 0.909. The fourth-order valence-electron chi connectivity index (χ4n) is 2.03. The molecular weight excluding hydrogens is 260 g/mol. The van der Waals surface area contributed by atoms with Gasteiger partial charge in [0.05, 0.1) is 11.7 Å². The van der Waals surface area contributed by atoms with E-state index in [-0.39, 0.29) is 0 Å². The van der Waals surface area contributed by atoms with Crippen LogP contribution in [0.25, 0.3) is 11.3 Å². The van der Waals surface area contributed by atoms with Crippen molar-refractivity contribution in [3.63, 3.8) is 0 Å². The maximum Gasteiger partial charge on any atom is 0.111 e. The molecule has 0 saturated carbocycles. The number of nitrogens with zero attached hydrogens (tertiary/aromatic N) is 1. The maximum atomic E-state index is 4.78. The second-order valence-corrected chi connectivity index (χ2v) is 6.56. The largest absolute Gasteiger partial charge is 0.306 e. The molecule has 1 aliphatic rings. The predicted octanol–water partition coefficient (Wildman–Crippen LogP) is 3.50. The Hall–Kier alpha value is -0.840. The zero-order chi connectivity index (χ0) is 12.4. The first-order valence-corrected chi connectivity index (χ1v) is 8.20. The van der Waals surface area contributed by atoms with E-state index < -0.39 is 0 Å². The lowest BCUT2D eigenvalue weighted by Gasteiger charge is -2.20. The van der Waals surface area contributed by atoms with Crippen LogP contribution in [0, 0.1) is 6.92 Å². The lowest BCUT2D eigenvalue weighted by Crippen LogP contribution is -2.30. The number of benzene rings is 1. The van der Waals surface area contributed by atoms with E-state index in [1.165, 1.54) is 21.9 Å². The second-order valence-electron chi connectivity index (χ2n) is 4.52. The molecule has 1 unspecified atom stereocenters. The van der Waals surface area contributed by atoms with Gasteiger partial charge in [-0.25, -0.2) is 4.98 Å². The summed E-state index contributed by atoms with van der Waals surface area (Å²) in [5.41, 5.74) is 3.61.